The van der Waals surface area contributed by atoms with E-state index >= 15 is 4.39 Å². The molecule has 176 valence electrons. The van der Waals surface area contributed by atoms with Gasteiger partial charge in [-0.2, -0.15) is 5.10 Å². The van der Waals surface area contributed by atoms with Gasteiger partial charge in [0.2, 0.25) is 0 Å². The molecule has 0 bridgehead atoms. The van der Waals surface area contributed by atoms with Gasteiger partial charge in [0.15, 0.2) is 0 Å². The van der Waals surface area contributed by atoms with Gasteiger partial charge in [0.25, 0.3) is 5.91 Å². The van der Waals surface area contributed by atoms with Crippen molar-refractivity contribution in [2.75, 3.05) is 6.54 Å². The molecule has 7 nitrogen and oxygen atoms in total. The van der Waals surface area contributed by atoms with Crippen LogP contribution in [0, 0.1) is 5.82 Å². The first-order valence-corrected chi connectivity index (χ1v) is 11.2. The number of aromatic nitrogens is 4. The third-order valence-electron chi connectivity index (χ3n) is 5.95. The van der Waals surface area contributed by atoms with Crippen molar-refractivity contribution in [1.82, 2.24) is 24.6 Å². The average molecular weight is 470 g/mol. The lowest BCUT2D eigenvalue weighted by molar-refractivity contribution is 0.0917. The smallest absolute Gasteiger partial charge is 0.255 e. The van der Waals surface area contributed by atoms with E-state index in [0.29, 0.717) is 16.6 Å². The van der Waals surface area contributed by atoms with Gasteiger partial charge in [0.1, 0.15) is 11.3 Å². The maximum atomic E-state index is 15.0. The number of carbonyl (C=O) groups excluding carboxylic acids is 1. The van der Waals surface area contributed by atoms with Gasteiger partial charge in [0.05, 0.1) is 29.9 Å². The molecule has 0 saturated carbocycles. The molecular weight excluding hydrogens is 445 g/mol. The van der Waals surface area contributed by atoms with Gasteiger partial charge in [-0.05, 0) is 29.3 Å². The Morgan fingerprint density at radius 3 is 2.66 bits per heavy atom. The van der Waals surface area contributed by atoms with Crippen molar-refractivity contribution >= 4 is 16.9 Å². The van der Waals surface area contributed by atoms with Crippen molar-refractivity contribution in [2.45, 2.75) is 12.6 Å². The fraction of sp³-hybridized carbons (Fsp3) is 0.148. The number of nitrogens with zero attached hydrogens (tertiary/aromatic N) is 4. The van der Waals surface area contributed by atoms with Crippen molar-refractivity contribution in [2.24, 2.45) is 7.05 Å². The number of hydrogen-bond acceptors (Lipinski definition) is 4. The van der Waals surface area contributed by atoms with E-state index in [1.165, 1.54) is 6.07 Å². The molecule has 5 aromatic rings. The molecule has 1 atom stereocenters. The predicted molar refractivity (Wildman–Crippen MR) is 131 cm³/mol. The average Bonchev–Trinajstić information content (AvgIpc) is 3.48. The minimum atomic E-state index is -0.825. The Morgan fingerprint density at radius 2 is 1.91 bits per heavy atom. The minimum absolute atomic E-state index is 0.0623. The third-order valence-corrected chi connectivity index (χ3v) is 5.95. The summed E-state index contributed by atoms with van der Waals surface area (Å²) in [6, 6.07) is 17.9. The number of pyridine rings is 1. The zero-order valence-corrected chi connectivity index (χ0v) is 19.1. The minimum Gasteiger partial charge on any atom is -0.387 e. The fourth-order valence-corrected chi connectivity index (χ4v) is 4.11. The van der Waals surface area contributed by atoms with Crippen LogP contribution in [0.1, 0.15) is 27.6 Å². The Labute approximate surface area is 201 Å². The first-order chi connectivity index (χ1) is 17.0. The number of hydrogen-bond donors (Lipinski definition) is 2. The molecule has 0 aliphatic heterocycles. The second-order valence-electron chi connectivity index (χ2n) is 8.39. The van der Waals surface area contributed by atoms with E-state index in [4.69, 9.17) is 0 Å². The van der Waals surface area contributed by atoms with Gasteiger partial charge in [-0.3, -0.25) is 14.5 Å². The molecule has 8 heteroatoms. The van der Waals surface area contributed by atoms with Gasteiger partial charge in [-0.15, -0.1) is 0 Å². The largest absolute Gasteiger partial charge is 0.387 e. The van der Waals surface area contributed by atoms with Gasteiger partial charge in [-0.1, -0.05) is 42.5 Å². The summed E-state index contributed by atoms with van der Waals surface area (Å²) < 4.78 is 18.5. The normalized spacial score (nSPS) is 12.1. The van der Waals surface area contributed by atoms with Crippen LogP contribution in [0.25, 0.3) is 22.2 Å². The highest BCUT2D eigenvalue weighted by Gasteiger charge is 2.18. The fourth-order valence-electron chi connectivity index (χ4n) is 4.11. The number of nitrogens with one attached hydrogen (secondary N) is 1. The zero-order chi connectivity index (χ0) is 24.4. The second kappa shape index (κ2) is 9.52. The molecule has 35 heavy (non-hydrogen) atoms. The van der Waals surface area contributed by atoms with Gasteiger partial charge < -0.3 is 15.0 Å². The van der Waals surface area contributed by atoms with E-state index in [1.807, 2.05) is 48.1 Å². The number of rotatable bonds is 7. The Morgan fingerprint density at radius 1 is 1.09 bits per heavy atom. The quantitative estimate of drug-likeness (QED) is 0.376. The number of amides is 1. The molecule has 0 fully saturated rings. The molecular formula is C27H24FN5O2. The van der Waals surface area contributed by atoms with Crippen molar-refractivity contribution in [1.29, 1.82) is 0 Å². The first kappa shape index (κ1) is 22.5. The first-order valence-electron chi connectivity index (χ1n) is 11.2. The summed E-state index contributed by atoms with van der Waals surface area (Å²) in [4.78, 5) is 17.4. The van der Waals surface area contributed by atoms with Crippen LogP contribution in [0.5, 0.6) is 0 Å². The standard InChI is InChI=1S/C27H24FN5O2/c1-32-15-21(13-31-32)19-9-10-20(23(28)12-19)16-33-17-22(26-24(33)8-5-11-29-26)27(35)30-14-25(34)18-6-3-2-4-7-18/h2-13,15,17,25,34H,14,16H2,1H3,(H,30,35)/t25-/m1/s1. The van der Waals surface area contributed by atoms with Crippen LogP contribution in [0.15, 0.2) is 85.5 Å². The SMILES string of the molecule is Cn1cc(-c2ccc(Cn3cc(C(=O)NC[C@@H](O)c4ccccc4)c4ncccc43)c(F)c2)cn1. The third kappa shape index (κ3) is 4.69. The maximum absolute atomic E-state index is 15.0. The van der Waals surface area contributed by atoms with Crippen LogP contribution in [-0.4, -0.2) is 36.9 Å². The van der Waals surface area contributed by atoms with Crippen LogP contribution in [0.2, 0.25) is 0 Å². The topological polar surface area (TPSA) is 85.0 Å². The van der Waals surface area contributed by atoms with Crippen LogP contribution in [-0.2, 0) is 13.6 Å². The number of fused-ring (bicyclic) bond motifs is 1. The van der Waals surface area contributed by atoms with E-state index in [-0.39, 0.29) is 24.8 Å². The highest BCUT2D eigenvalue weighted by molar-refractivity contribution is 6.05. The molecule has 3 aromatic heterocycles. The van der Waals surface area contributed by atoms with E-state index in [1.54, 1.807) is 47.5 Å². The monoisotopic (exact) mass is 469 g/mol. The van der Waals surface area contributed by atoms with Crippen LogP contribution < -0.4 is 5.32 Å². The molecule has 5 rings (SSSR count). The van der Waals surface area contributed by atoms with E-state index in [2.05, 4.69) is 15.4 Å². The lowest BCUT2D eigenvalue weighted by Gasteiger charge is -2.11. The summed E-state index contributed by atoms with van der Waals surface area (Å²) in [5, 5.41) is 17.3. The number of benzene rings is 2. The van der Waals surface area contributed by atoms with Crippen LogP contribution in [0.3, 0.4) is 0 Å². The Bertz CT molecular complexity index is 1490. The molecule has 2 aromatic carbocycles. The zero-order valence-electron chi connectivity index (χ0n) is 19.1. The summed E-state index contributed by atoms with van der Waals surface area (Å²) >= 11 is 0. The molecule has 0 spiro atoms. The number of aliphatic hydroxyl groups is 1. The van der Waals surface area contributed by atoms with E-state index in [0.717, 1.165) is 22.2 Å². The highest BCUT2D eigenvalue weighted by atomic mass is 19.1. The molecule has 1 amide bonds. The lowest BCUT2D eigenvalue weighted by atomic mass is 10.1. The molecule has 0 saturated heterocycles. The molecule has 2 N–H and O–H groups in total. The van der Waals surface area contributed by atoms with Gasteiger partial charge in [-0.25, -0.2) is 4.39 Å². The van der Waals surface area contributed by atoms with Gasteiger partial charge >= 0.3 is 0 Å². The van der Waals surface area contributed by atoms with Crippen molar-refractivity contribution < 1.29 is 14.3 Å². The van der Waals surface area contributed by atoms with Crippen LogP contribution in [0.4, 0.5) is 4.39 Å². The van der Waals surface area contributed by atoms with E-state index in [9.17, 15) is 9.90 Å². The lowest BCUT2D eigenvalue weighted by Crippen LogP contribution is -2.28. The Balaban J connectivity index is 1.38. The van der Waals surface area contributed by atoms with Crippen molar-refractivity contribution in [3.05, 3.63) is 108 Å². The summed E-state index contributed by atoms with van der Waals surface area (Å²) in [5.41, 5.74) is 4.40. The van der Waals surface area contributed by atoms with Crippen molar-refractivity contribution in [3.8, 4) is 11.1 Å². The molecule has 0 aliphatic rings. The Hall–Kier alpha value is -4.30. The summed E-state index contributed by atoms with van der Waals surface area (Å²) in [5.74, 6) is -0.691. The summed E-state index contributed by atoms with van der Waals surface area (Å²) in [7, 11) is 1.82. The second-order valence-corrected chi connectivity index (χ2v) is 8.39. The number of aliphatic hydroxyl groups excluding tert-OH is 1. The highest BCUT2D eigenvalue weighted by Crippen LogP contribution is 2.25. The molecule has 0 radical (unpaired) electrons. The van der Waals surface area contributed by atoms with Crippen LogP contribution >= 0.6 is 0 Å². The van der Waals surface area contributed by atoms with Crippen molar-refractivity contribution in [3.63, 3.8) is 0 Å². The molecule has 0 aliphatic carbocycles. The maximum Gasteiger partial charge on any atom is 0.255 e. The number of halogens is 1. The van der Waals surface area contributed by atoms with E-state index < -0.39 is 6.10 Å². The predicted octanol–water partition coefficient (Wildman–Crippen LogP) is 4.09. The molecule has 0 unspecified atom stereocenters. The summed E-state index contributed by atoms with van der Waals surface area (Å²) in [6.07, 6.45) is 5.99. The number of aryl methyl sites for hydroxylation is 1. The molecule has 3 heterocycles. The Kier molecular flexibility index (Phi) is 6.12. The summed E-state index contributed by atoms with van der Waals surface area (Å²) in [6.45, 7) is 0.300. The van der Waals surface area contributed by atoms with Gasteiger partial charge in [0, 0.05) is 43.3 Å². The number of carbonyl (C=O) groups is 1.